The molecular formula is C29H29FN4. The van der Waals surface area contributed by atoms with Crippen molar-refractivity contribution in [2.45, 2.75) is 32.2 Å². The van der Waals surface area contributed by atoms with Gasteiger partial charge < -0.3 is 9.47 Å². The van der Waals surface area contributed by atoms with Crippen molar-refractivity contribution in [1.82, 2.24) is 19.4 Å². The molecule has 0 amide bonds. The molecule has 0 unspecified atom stereocenters. The highest BCUT2D eigenvalue weighted by Crippen LogP contribution is 2.34. The van der Waals surface area contributed by atoms with E-state index in [0.717, 1.165) is 60.7 Å². The summed E-state index contributed by atoms with van der Waals surface area (Å²) in [7, 11) is 2.15. The summed E-state index contributed by atoms with van der Waals surface area (Å²) in [6, 6.07) is 21.3. The number of aryl methyl sites for hydroxylation is 1. The van der Waals surface area contributed by atoms with Gasteiger partial charge in [0.2, 0.25) is 0 Å². The normalized spacial score (nSPS) is 14.8. The fraction of sp³-hybridized carbons (Fsp3) is 0.241. The van der Waals surface area contributed by atoms with E-state index in [9.17, 15) is 4.39 Å². The number of allylic oxidation sites excluding steroid dienone is 1. The number of hydrogen-bond donors (Lipinski definition) is 0. The molecular weight excluding hydrogens is 423 g/mol. The minimum Gasteiger partial charge on any atom is -0.378 e. The Labute approximate surface area is 200 Å². The first-order chi connectivity index (χ1) is 16.7. The number of halogens is 1. The van der Waals surface area contributed by atoms with Gasteiger partial charge >= 0.3 is 0 Å². The van der Waals surface area contributed by atoms with E-state index in [1.807, 2.05) is 36.7 Å². The molecule has 0 spiro atoms. The summed E-state index contributed by atoms with van der Waals surface area (Å²) in [5, 5.41) is 0. The van der Waals surface area contributed by atoms with E-state index in [2.05, 4.69) is 57.9 Å². The average Bonchev–Trinajstić information content (AvgIpc) is 3.44. The van der Waals surface area contributed by atoms with Gasteiger partial charge in [-0.05, 0) is 67.6 Å². The summed E-state index contributed by atoms with van der Waals surface area (Å²) < 4.78 is 16.0. The van der Waals surface area contributed by atoms with Gasteiger partial charge in [-0.1, -0.05) is 30.3 Å². The van der Waals surface area contributed by atoms with Crippen molar-refractivity contribution in [3.05, 3.63) is 102 Å². The Morgan fingerprint density at radius 3 is 2.41 bits per heavy atom. The van der Waals surface area contributed by atoms with Crippen molar-refractivity contribution in [2.75, 3.05) is 13.6 Å². The van der Waals surface area contributed by atoms with Crippen LogP contribution in [0.1, 0.15) is 30.7 Å². The van der Waals surface area contributed by atoms with Crippen LogP contribution in [-0.2, 0) is 13.0 Å². The number of likely N-dealkylation sites (tertiary alicyclic amines) is 1. The molecule has 0 atom stereocenters. The lowest BCUT2D eigenvalue weighted by Gasteiger charge is -2.15. The van der Waals surface area contributed by atoms with Crippen LogP contribution in [0, 0.1) is 5.82 Å². The van der Waals surface area contributed by atoms with Gasteiger partial charge in [-0.2, -0.15) is 0 Å². The second-order valence-electron chi connectivity index (χ2n) is 8.81. The van der Waals surface area contributed by atoms with Crippen LogP contribution in [-0.4, -0.2) is 33.0 Å². The third-order valence-electron chi connectivity index (χ3n) is 6.47. The van der Waals surface area contributed by atoms with Crippen LogP contribution in [0.25, 0.3) is 28.6 Å². The molecule has 0 N–H and O–H groups in total. The van der Waals surface area contributed by atoms with Gasteiger partial charge in [0, 0.05) is 55.4 Å². The highest BCUT2D eigenvalue weighted by atomic mass is 19.1. The quantitative estimate of drug-likeness (QED) is 0.323. The van der Waals surface area contributed by atoms with Gasteiger partial charge in [0.1, 0.15) is 11.6 Å². The minimum absolute atomic E-state index is 0.244. The molecule has 2 aromatic heterocycles. The van der Waals surface area contributed by atoms with E-state index in [1.165, 1.54) is 29.8 Å². The lowest BCUT2D eigenvalue weighted by molar-refractivity contribution is 0.484. The van der Waals surface area contributed by atoms with Crippen molar-refractivity contribution in [3.63, 3.8) is 0 Å². The number of benzene rings is 2. The number of aromatic nitrogens is 3. The first-order valence-corrected chi connectivity index (χ1v) is 11.9. The number of rotatable bonds is 7. The van der Waals surface area contributed by atoms with Crippen molar-refractivity contribution in [2.24, 2.45) is 0 Å². The second kappa shape index (κ2) is 10.0. The number of hydrogen-bond acceptors (Lipinski definition) is 3. The van der Waals surface area contributed by atoms with Gasteiger partial charge in [0.05, 0.1) is 11.4 Å². The molecule has 1 saturated heterocycles. The Bertz CT molecular complexity index is 1260. The standard InChI is InChI=1S/C29H29FN4/c1-33-19-6-10-26(33)21-27-32-28(23-11-13-25(30)14-12-23)29(24-15-17-31-18-16-24)34(27)20-5-9-22-7-3-2-4-8-22/h2-4,7-8,11-18,21H,5-6,9-10,19-20H2,1H3. The summed E-state index contributed by atoms with van der Waals surface area (Å²) in [6.45, 7) is 1.91. The van der Waals surface area contributed by atoms with Gasteiger partial charge in [0.15, 0.2) is 0 Å². The summed E-state index contributed by atoms with van der Waals surface area (Å²) in [4.78, 5) is 11.7. The molecule has 3 heterocycles. The van der Waals surface area contributed by atoms with E-state index in [0.29, 0.717) is 0 Å². The summed E-state index contributed by atoms with van der Waals surface area (Å²) in [5.41, 5.74) is 6.54. The molecule has 2 aromatic carbocycles. The van der Waals surface area contributed by atoms with Crippen molar-refractivity contribution < 1.29 is 4.39 Å². The molecule has 1 aliphatic rings. The SMILES string of the molecule is CN1CCCC1=Cc1nc(-c2ccc(F)cc2)c(-c2ccncc2)n1CCCc1ccccc1. The zero-order valence-corrected chi connectivity index (χ0v) is 19.5. The fourth-order valence-corrected chi connectivity index (χ4v) is 4.67. The Hall–Kier alpha value is -3.73. The molecule has 0 aliphatic carbocycles. The third kappa shape index (κ3) is 4.79. The molecule has 5 heteroatoms. The maximum atomic E-state index is 13.7. The maximum Gasteiger partial charge on any atom is 0.135 e. The highest BCUT2D eigenvalue weighted by molar-refractivity contribution is 5.80. The molecule has 4 aromatic rings. The highest BCUT2D eigenvalue weighted by Gasteiger charge is 2.21. The van der Waals surface area contributed by atoms with Gasteiger partial charge in [-0.15, -0.1) is 0 Å². The molecule has 0 radical (unpaired) electrons. The lowest BCUT2D eigenvalue weighted by atomic mass is 10.1. The predicted molar refractivity (Wildman–Crippen MR) is 135 cm³/mol. The largest absolute Gasteiger partial charge is 0.378 e. The average molecular weight is 453 g/mol. The zero-order valence-electron chi connectivity index (χ0n) is 19.5. The van der Waals surface area contributed by atoms with Crippen LogP contribution in [0.15, 0.2) is 84.8 Å². The Morgan fingerprint density at radius 2 is 1.71 bits per heavy atom. The smallest absolute Gasteiger partial charge is 0.135 e. The van der Waals surface area contributed by atoms with Crippen LogP contribution in [0.3, 0.4) is 0 Å². The molecule has 1 fully saturated rings. The first-order valence-electron chi connectivity index (χ1n) is 11.9. The number of pyridine rings is 1. The van der Waals surface area contributed by atoms with Crippen LogP contribution in [0.4, 0.5) is 4.39 Å². The monoisotopic (exact) mass is 452 g/mol. The number of nitrogens with zero attached hydrogens (tertiary/aromatic N) is 4. The van der Waals surface area contributed by atoms with E-state index in [-0.39, 0.29) is 5.82 Å². The zero-order chi connectivity index (χ0) is 23.3. The topological polar surface area (TPSA) is 34.0 Å². The van der Waals surface area contributed by atoms with E-state index < -0.39 is 0 Å². The van der Waals surface area contributed by atoms with Gasteiger partial charge in [0.25, 0.3) is 0 Å². The molecule has 0 bridgehead atoms. The molecule has 1 aliphatic heterocycles. The predicted octanol–water partition coefficient (Wildman–Crippen LogP) is 6.45. The minimum atomic E-state index is -0.244. The van der Waals surface area contributed by atoms with E-state index >= 15 is 0 Å². The fourth-order valence-electron chi connectivity index (χ4n) is 4.67. The molecule has 34 heavy (non-hydrogen) atoms. The maximum absolute atomic E-state index is 13.7. The second-order valence-corrected chi connectivity index (χ2v) is 8.81. The Balaban J connectivity index is 1.61. The van der Waals surface area contributed by atoms with Crippen molar-refractivity contribution >= 4 is 6.08 Å². The van der Waals surface area contributed by atoms with E-state index in [1.54, 1.807) is 0 Å². The summed E-state index contributed by atoms with van der Waals surface area (Å²) >= 11 is 0. The van der Waals surface area contributed by atoms with Crippen LogP contribution in [0.2, 0.25) is 0 Å². The molecule has 172 valence electrons. The van der Waals surface area contributed by atoms with Crippen LogP contribution in [0.5, 0.6) is 0 Å². The van der Waals surface area contributed by atoms with Crippen LogP contribution >= 0.6 is 0 Å². The summed E-state index contributed by atoms with van der Waals surface area (Å²) in [5.74, 6) is 0.703. The first kappa shape index (κ1) is 22.1. The number of imidazole rings is 1. The van der Waals surface area contributed by atoms with E-state index in [4.69, 9.17) is 4.98 Å². The van der Waals surface area contributed by atoms with Gasteiger partial charge in [-0.25, -0.2) is 9.37 Å². The Kier molecular flexibility index (Phi) is 6.52. The Morgan fingerprint density at radius 1 is 0.941 bits per heavy atom. The molecule has 0 saturated carbocycles. The van der Waals surface area contributed by atoms with Crippen molar-refractivity contribution in [3.8, 4) is 22.5 Å². The molecule has 5 rings (SSSR count). The lowest BCUT2D eigenvalue weighted by Crippen LogP contribution is -2.11. The third-order valence-corrected chi connectivity index (χ3v) is 6.47. The molecule has 4 nitrogen and oxygen atoms in total. The summed E-state index contributed by atoms with van der Waals surface area (Å²) in [6.07, 6.45) is 10.1. The van der Waals surface area contributed by atoms with Crippen LogP contribution < -0.4 is 0 Å². The van der Waals surface area contributed by atoms with Crippen molar-refractivity contribution in [1.29, 1.82) is 0 Å². The van der Waals surface area contributed by atoms with Gasteiger partial charge in [-0.3, -0.25) is 4.98 Å².